The summed E-state index contributed by atoms with van der Waals surface area (Å²) in [4.78, 5) is 19.0. The predicted molar refractivity (Wildman–Crippen MR) is 109 cm³/mol. The zero-order chi connectivity index (χ0) is 19.5. The number of benzene rings is 1. The van der Waals surface area contributed by atoms with Crippen LogP contribution in [-0.4, -0.2) is 40.1 Å². The molecule has 0 unspecified atom stereocenters. The van der Waals surface area contributed by atoms with E-state index in [-0.39, 0.29) is 6.03 Å². The molecule has 7 heteroatoms. The fourth-order valence-corrected chi connectivity index (χ4v) is 3.77. The number of furan rings is 1. The van der Waals surface area contributed by atoms with Gasteiger partial charge in [-0.05, 0) is 69.1 Å². The number of aromatic nitrogens is 2. The minimum atomic E-state index is -0.163. The third-order valence-electron chi connectivity index (χ3n) is 5.42. The molecule has 1 aliphatic heterocycles. The molecule has 2 N–H and O–H groups in total. The van der Waals surface area contributed by atoms with Gasteiger partial charge < -0.3 is 19.6 Å². The number of urea groups is 1. The summed E-state index contributed by atoms with van der Waals surface area (Å²) in [6.07, 6.45) is 3.94. The number of likely N-dealkylation sites (tertiary alicyclic amines) is 1. The SMILES string of the molecule is Cc1ccc(CN2CCC(CNC(=O)Nc3ccc4c(c3)ncn4C)CC2)o1. The first-order valence-corrected chi connectivity index (χ1v) is 9.80. The van der Waals surface area contributed by atoms with E-state index in [0.717, 1.165) is 60.7 Å². The van der Waals surface area contributed by atoms with E-state index in [2.05, 4.69) is 26.6 Å². The molecule has 1 saturated heterocycles. The van der Waals surface area contributed by atoms with Crippen LogP contribution in [0.15, 0.2) is 41.1 Å². The van der Waals surface area contributed by atoms with Crippen molar-refractivity contribution in [2.75, 3.05) is 25.0 Å². The zero-order valence-corrected chi connectivity index (χ0v) is 16.4. The summed E-state index contributed by atoms with van der Waals surface area (Å²) in [7, 11) is 1.95. The number of imidazole rings is 1. The van der Waals surface area contributed by atoms with Crippen molar-refractivity contribution in [1.82, 2.24) is 19.8 Å². The van der Waals surface area contributed by atoms with Gasteiger partial charge in [-0.25, -0.2) is 9.78 Å². The molecule has 1 aromatic carbocycles. The predicted octanol–water partition coefficient (Wildman–Crippen LogP) is 3.51. The second kappa shape index (κ2) is 8.06. The number of aryl methyl sites for hydroxylation is 2. The Hall–Kier alpha value is -2.80. The highest BCUT2D eigenvalue weighted by Gasteiger charge is 2.20. The van der Waals surface area contributed by atoms with Crippen molar-refractivity contribution < 1.29 is 9.21 Å². The van der Waals surface area contributed by atoms with Crippen LogP contribution < -0.4 is 10.6 Å². The van der Waals surface area contributed by atoms with E-state index in [0.29, 0.717) is 12.5 Å². The topological polar surface area (TPSA) is 75.3 Å². The molecule has 2 aromatic heterocycles. The van der Waals surface area contributed by atoms with Crippen LogP contribution in [0.2, 0.25) is 0 Å². The average molecular weight is 381 g/mol. The van der Waals surface area contributed by atoms with Crippen LogP contribution in [0.4, 0.5) is 10.5 Å². The van der Waals surface area contributed by atoms with Crippen LogP contribution in [0.5, 0.6) is 0 Å². The van der Waals surface area contributed by atoms with Gasteiger partial charge in [0.1, 0.15) is 11.5 Å². The molecule has 0 aliphatic carbocycles. The zero-order valence-electron chi connectivity index (χ0n) is 16.4. The maximum absolute atomic E-state index is 12.2. The molecule has 0 atom stereocenters. The van der Waals surface area contributed by atoms with Crippen LogP contribution in [0.1, 0.15) is 24.4 Å². The van der Waals surface area contributed by atoms with E-state index in [1.807, 2.05) is 42.8 Å². The maximum Gasteiger partial charge on any atom is 0.319 e. The van der Waals surface area contributed by atoms with Gasteiger partial charge in [-0.2, -0.15) is 0 Å². The number of fused-ring (bicyclic) bond motifs is 1. The van der Waals surface area contributed by atoms with Crippen LogP contribution in [0.25, 0.3) is 11.0 Å². The maximum atomic E-state index is 12.2. The van der Waals surface area contributed by atoms with Crippen LogP contribution in [0, 0.1) is 12.8 Å². The highest BCUT2D eigenvalue weighted by molar-refractivity contribution is 5.91. The molecule has 3 aromatic rings. The van der Waals surface area contributed by atoms with Crippen molar-refractivity contribution >= 4 is 22.8 Å². The number of piperidine rings is 1. The van der Waals surface area contributed by atoms with E-state index in [1.165, 1.54) is 0 Å². The molecule has 2 amide bonds. The molecule has 7 nitrogen and oxygen atoms in total. The Balaban J connectivity index is 1.20. The van der Waals surface area contributed by atoms with Gasteiger partial charge >= 0.3 is 6.03 Å². The summed E-state index contributed by atoms with van der Waals surface area (Å²) in [5.41, 5.74) is 2.68. The summed E-state index contributed by atoms with van der Waals surface area (Å²) in [5, 5.41) is 5.91. The van der Waals surface area contributed by atoms with Crippen LogP contribution in [-0.2, 0) is 13.6 Å². The number of rotatable bonds is 5. The largest absolute Gasteiger partial charge is 0.465 e. The van der Waals surface area contributed by atoms with Crippen LogP contribution in [0.3, 0.4) is 0 Å². The van der Waals surface area contributed by atoms with Crippen molar-refractivity contribution in [3.05, 3.63) is 48.2 Å². The van der Waals surface area contributed by atoms with E-state index in [9.17, 15) is 4.79 Å². The van der Waals surface area contributed by atoms with Crippen LogP contribution >= 0.6 is 0 Å². The number of nitrogens with one attached hydrogen (secondary N) is 2. The van der Waals surface area contributed by atoms with E-state index >= 15 is 0 Å². The molecule has 0 radical (unpaired) electrons. The Labute approximate surface area is 164 Å². The summed E-state index contributed by atoms with van der Waals surface area (Å²) in [6.45, 7) is 5.60. The third kappa shape index (κ3) is 4.36. The number of nitrogens with zero attached hydrogens (tertiary/aromatic N) is 3. The Kier molecular flexibility index (Phi) is 5.34. The number of hydrogen-bond acceptors (Lipinski definition) is 4. The lowest BCUT2D eigenvalue weighted by Crippen LogP contribution is -2.39. The van der Waals surface area contributed by atoms with Crippen molar-refractivity contribution in [3.63, 3.8) is 0 Å². The van der Waals surface area contributed by atoms with Gasteiger partial charge in [-0.15, -0.1) is 0 Å². The number of carbonyl (C=O) groups is 1. The molecule has 0 bridgehead atoms. The first kappa shape index (κ1) is 18.6. The summed E-state index contributed by atoms with van der Waals surface area (Å²) in [6, 6.07) is 9.66. The van der Waals surface area contributed by atoms with Gasteiger partial charge in [0.2, 0.25) is 0 Å². The van der Waals surface area contributed by atoms with Gasteiger partial charge in [0, 0.05) is 19.3 Å². The Morgan fingerprint density at radius 2 is 2.07 bits per heavy atom. The van der Waals surface area contributed by atoms with E-state index < -0.39 is 0 Å². The lowest BCUT2D eigenvalue weighted by atomic mass is 9.97. The Bertz CT molecular complexity index is 953. The lowest BCUT2D eigenvalue weighted by molar-refractivity contribution is 0.165. The molecule has 4 rings (SSSR count). The van der Waals surface area contributed by atoms with Gasteiger partial charge in [0.25, 0.3) is 0 Å². The average Bonchev–Trinajstić information content (AvgIpc) is 3.26. The minimum Gasteiger partial charge on any atom is -0.465 e. The summed E-state index contributed by atoms with van der Waals surface area (Å²) < 4.78 is 7.62. The van der Waals surface area contributed by atoms with Crippen molar-refractivity contribution in [3.8, 4) is 0 Å². The summed E-state index contributed by atoms with van der Waals surface area (Å²) in [5.74, 6) is 2.50. The van der Waals surface area contributed by atoms with Gasteiger partial charge in [0.05, 0.1) is 23.9 Å². The first-order chi connectivity index (χ1) is 13.6. The second-order valence-electron chi connectivity index (χ2n) is 7.63. The molecule has 3 heterocycles. The second-order valence-corrected chi connectivity index (χ2v) is 7.63. The van der Waals surface area contributed by atoms with E-state index in [1.54, 1.807) is 6.33 Å². The van der Waals surface area contributed by atoms with Gasteiger partial charge in [-0.3, -0.25) is 4.90 Å². The van der Waals surface area contributed by atoms with Crippen molar-refractivity contribution in [1.29, 1.82) is 0 Å². The molecule has 1 aliphatic rings. The van der Waals surface area contributed by atoms with Crippen molar-refractivity contribution in [2.24, 2.45) is 13.0 Å². The smallest absolute Gasteiger partial charge is 0.319 e. The standard InChI is InChI=1S/C21H27N5O2/c1-15-3-5-18(28-15)13-26-9-7-16(8-10-26)12-22-21(27)24-17-4-6-20-19(11-17)23-14-25(20)2/h3-6,11,14,16H,7-10,12-13H2,1-2H3,(H2,22,24,27). The lowest BCUT2D eigenvalue weighted by Gasteiger charge is -2.31. The fourth-order valence-electron chi connectivity index (χ4n) is 3.77. The number of hydrogen-bond donors (Lipinski definition) is 2. The molecular formula is C21H27N5O2. The molecule has 0 saturated carbocycles. The number of anilines is 1. The third-order valence-corrected chi connectivity index (χ3v) is 5.42. The summed E-state index contributed by atoms with van der Waals surface area (Å²) >= 11 is 0. The Morgan fingerprint density at radius 1 is 1.25 bits per heavy atom. The quantitative estimate of drug-likeness (QED) is 0.709. The number of carbonyl (C=O) groups excluding carboxylic acids is 1. The van der Waals surface area contributed by atoms with Gasteiger partial charge in [0.15, 0.2) is 0 Å². The minimum absolute atomic E-state index is 0.163. The molecule has 0 spiro atoms. The molecule has 28 heavy (non-hydrogen) atoms. The first-order valence-electron chi connectivity index (χ1n) is 9.80. The highest BCUT2D eigenvalue weighted by Crippen LogP contribution is 2.20. The fraction of sp³-hybridized carbons (Fsp3) is 0.429. The van der Waals surface area contributed by atoms with E-state index in [4.69, 9.17) is 4.42 Å². The normalized spacial score (nSPS) is 15.8. The monoisotopic (exact) mass is 381 g/mol. The Morgan fingerprint density at radius 3 is 2.82 bits per heavy atom. The highest BCUT2D eigenvalue weighted by atomic mass is 16.3. The number of amides is 2. The molecule has 148 valence electrons. The molecule has 1 fully saturated rings. The van der Waals surface area contributed by atoms with Crippen molar-refractivity contribution in [2.45, 2.75) is 26.3 Å². The molecular weight excluding hydrogens is 354 g/mol. The van der Waals surface area contributed by atoms with Gasteiger partial charge in [-0.1, -0.05) is 0 Å².